The molecule has 0 aliphatic carbocycles. The summed E-state index contributed by atoms with van der Waals surface area (Å²) in [7, 11) is 1.75. The van der Waals surface area contributed by atoms with Gasteiger partial charge in [0.1, 0.15) is 12.4 Å². The highest BCUT2D eigenvalue weighted by Gasteiger charge is 2.36. The minimum Gasteiger partial charge on any atom is -0.491 e. The lowest BCUT2D eigenvalue weighted by atomic mass is 9.75. The Balaban J connectivity index is 1.41. The third kappa shape index (κ3) is 4.95. The van der Waals surface area contributed by atoms with Crippen LogP contribution in [0.5, 0.6) is 5.75 Å². The molecule has 2 bridgehead atoms. The normalized spacial score (nSPS) is 18.9. The molecule has 190 valence electrons. The van der Waals surface area contributed by atoms with E-state index in [0.717, 1.165) is 43.0 Å². The molecule has 0 radical (unpaired) electrons. The Kier molecular flexibility index (Phi) is 7.23. The fourth-order valence-electron chi connectivity index (χ4n) is 5.56. The number of aromatic nitrogens is 2. The molecule has 36 heavy (non-hydrogen) atoms. The number of carbonyl (C=O) groups is 2. The van der Waals surface area contributed by atoms with Crippen LogP contribution in [0.1, 0.15) is 53.0 Å². The molecule has 6 rings (SSSR count). The molecule has 3 aliphatic heterocycles. The average molecular weight is 491 g/mol. The van der Waals surface area contributed by atoms with Crippen molar-refractivity contribution >= 4 is 22.7 Å². The lowest BCUT2D eigenvalue weighted by Gasteiger charge is -2.41. The molecule has 3 aromatic rings. The van der Waals surface area contributed by atoms with E-state index in [9.17, 15) is 9.59 Å². The van der Waals surface area contributed by atoms with Gasteiger partial charge in [0.05, 0.1) is 24.2 Å². The second-order valence-corrected chi connectivity index (χ2v) is 9.94. The van der Waals surface area contributed by atoms with Gasteiger partial charge in [-0.15, -0.1) is 0 Å². The molecule has 0 unspecified atom stereocenters. The van der Waals surface area contributed by atoms with Gasteiger partial charge in [-0.1, -0.05) is 36.8 Å². The smallest absolute Gasteiger partial charge is 0.275 e. The van der Waals surface area contributed by atoms with Crippen LogP contribution in [-0.4, -0.2) is 78.3 Å². The Labute approximate surface area is 211 Å². The molecule has 3 aliphatic rings. The molecule has 1 fully saturated rings. The molecule has 1 N–H and O–H groups in total. The first kappa shape index (κ1) is 24.3. The summed E-state index contributed by atoms with van der Waals surface area (Å²) in [5.41, 5.74) is 1.91. The zero-order valence-corrected chi connectivity index (χ0v) is 20.9. The summed E-state index contributed by atoms with van der Waals surface area (Å²) in [6, 6.07) is 15.1. The van der Waals surface area contributed by atoms with Gasteiger partial charge in [-0.05, 0) is 49.3 Å². The zero-order chi connectivity index (χ0) is 25.0. The van der Waals surface area contributed by atoms with Crippen LogP contribution >= 0.6 is 0 Å². The number of amides is 2. The number of aromatic amines is 1. The summed E-state index contributed by atoms with van der Waals surface area (Å²) < 4.78 is 11.7. The number of H-pyrrole nitrogens is 1. The summed E-state index contributed by atoms with van der Waals surface area (Å²) in [6.45, 7) is 3.46. The monoisotopic (exact) mass is 490 g/mol. The van der Waals surface area contributed by atoms with Gasteiger partial charge in [0.2, 0.25) is 0 Å². The van der Waals surface area contributed by atoms with Crippen LogP contribution in [0.4, 0.5) is 0 Å². The standard InChI is InChI=1S/C28H34N4O4/c1-35-20-28-12-6-7-15-31(27(34)25-21-8-2-4-10-23(21)29-30-25)18-19-36-24-11-5-3-9-22(24)26(33)32(16-13-28)17-14-28/h2-5,8-11H,6-7,12-20H2,1H3,(H,29,30). The number of rotatable bonds is 3. The number of nitrogens with zero attached hydrogens (tertiary/aromatic N) is 3. The molecule has 8 heteroatoms. The molecule has 2 amide bonds. The van der Waals surface area contributed by atoms with Crippen molar-refractivity contribution in [3.63, 3.8) is 0 Å². The van der Waals surface area contributed by atoms with E-state index in [1.54, 1.807) is 7.11 Å². The van der Waals surface area contributed by atoms with E-state index in [0.29, 0.717) is 56.4 Å². The summed E-state index contributed by atoms with van der Waals surface area (Å²) in [4.78, 5) is 30.7. The van der Waals surface area contributed by atoms with E-state index >= 15 is 0 Å². The molecule has 8 nitrogen and oxygen atoms in total. The number of para-hydroxylation sites is 2. The third-order valence-electron chi connectivity index (χ3n) is 7.64. The molecule has 4 heterocycles. The highest BCUT2D eigenvalue weighted by Crippen LogP contribution is 2.38. The van der Waals surface area contributed by atoms with E-state index in [1.165, 1.54) is 0 Å². The summed E-state index contributed by atoms with van der Waals surface area (Å²) in [5, 5.41) is 8.12. The highest BCUT2D eigenvalue weighted by atomic mass is 16.5. The van der Waals surface area contributed by atoms with E-state index in [-0.39, 0.29) is 17.2 Å². The van der Waals surface area contributed by atoms with Gasteiger partial charge in [-0.2, -0.15) is 5.10 Å². The molecule has 0 saturated carbocycles. The van der Waals surface area contributed by atoms with Crippen molar-refractivity contribution in [2.24, 2.45) is 5.41 Å². The first-order valence-corrected chi connectivity index (χ1v) is 12.8. The van der Waals surface area contributed by atoms with Gasteiger partial charge < -0.3 is 19.3 Å². The number of nitrogens with one attached hydrogen (secondary N) is 1. The van der Waals surface area contributed by atoms with Crippen molar-refractivity contribution in [2.45, 2.75) is 32.1 Å². The predicted molar refractivity (Wildman–Crippen MR) is 137 cm³/mol. The zero-order valence-electron chi connectivity index (χ0n) is 20.9. The predicted octanol–water partition coefficient (Wildman–Crippen LogP) is 4.14. The summed E-state index contributed by atoms with van der Waals surface area (Å²) in [6.07, 6.45) is 4.72. The minimum absolute atomic E-state index is 0.00224. The molecule has 0 spiro atoms. The number of hydrogen-bond acceptors (Lipinski definition) is 5. The van der Waals surface area contributed by atoms with Crippen molar-refractivity contribution in [2.75, 3.05) is 46.5 Å². The number of fused-ring (bicyclic) bond motifs is 10. The van der Waals surface area contributed by atoms with Crippen LogP contribution in [-0.2, 0) is 4.74 Å². The van der Waals surface area contributed by atoms with Crippen molar-refractivity contribution in [1.29, 1.82) is 0 Å². The fourth-order valence-corrected chi connectivity index (χ4v) is 5.56. The Morgan fingerprint density at radius 1 is 1.03 bits per heavy atom. The highest BCUT2D eigenvalue weighted by molar-refractivity contribution is 6.04. The van der Waals surface area contributed by atoms with Gasteiger partial charge in [-0.3, -0.25) is 14.7 Å². The third-order valence-corrected chi connectivity index (χ3v) is 7.64. The SMILES string of the molecule is COCC12CCCCN(C(=O)c3n[nH]c4ccccc34)CCOc3ccccc3C(=O)N(CC1)CC2. The lowest BCUT2D eigenvalue weighted by Crippen LogP contribution is -2.45. The molecule has 1 aromatic heterocycles. The van der Waals surface area contributed by atoms with E-state index in [2.05, 4.69) is 10.2 Å². The summed E-state index contributed by atoms with van der Waals surface area (Å²) in [5.74, 6) is 0.453. The number of ether oxygens (including phenoxy) is 2. The Hall–Kier alpha value is -3.39. The first-order chi connectivity index (χ1) is 17.6. The van der Waals surface area contributed by atoms with Gasteiger partial charge in [-0.25, -0.2) is 0 Å². The van der Waals surface area contributed by atoms with E-state index in [4.69, 9.17) is 9.47 Å². The minimum atomic E-state index is -0.108. The Morgan fingerprint density at radius 2 is 1.81 bits per heavy atom. The topological polar surface area (TPSA) is 87.8 Å². The van der Waals surface area contributed by atoms with E-state index < -0.39 is 0 Å². The maximum Gasteiger partial charge on any atom is 0.275 e. The van der Waals surface area contributed by atoms with Gasteiger partial charge in [0.25, 0.3) is 11.8 Å². The number of piperidine rings is 1. The lowest BCUT2D eigenvalue weighted by molar-refractivity contribution is 0.0136. The van der Waals surface area contributed by atoms with Crippen molar-refractivity contribution in [3.05, 3.63) is 59.8 Å². The quantitative estimate of drug-likeness (QED) is 0.596. The Bertz CT molecular complexity index is 1210. The Morgan fingerprint density at radius 3 is 2.64 bits per heavy atom. The van der Waals surface area contributed by atoms with Gasteiger partial charge in [0.15, 0.2) is 5.69 Å². The van der Waals surface area contributed by atoms with Crippen LogP contribution < -0.4 is 4.74 Å². The van der Waals surface area contributed by atoms with Crippen molar-refractivity contribution in [1.82, 2.24) is 20.0 Å². The molecule has 0 atom stereocenters. The van der Waals surface area contributed by atoms with Gasteiger partial charge in [0, 0.05) is 32.1 Å². The van der Waals surface area contributed by atoms with Crippen LogP contribution in [0, 0.1) is 5.41 Å². The van der Waals surface area contributed by atoms with Crippen LogP contribution in [0.15, 0.2) is 48.5 Å². The molecule has 1 saturated heterocycles. The second kappa shape index (κ2) is 10.7. The number of carbonyl (C=O) groups excluding carboxylic acids is 2. The van der Waals surface area contributed by atoms with Crippen LogP contribution in [0.2, 0.25) is 0 Å². The first-order valence-electron chi connectivity index (χ1n) is 12.8. The van der Waals surface area contributed by atoms with Crippen LogP contribution in [0.25, 0.3) is 10.9 Å². The maximum absolute atomic E-state index is 13.6. The van der Waals surface area contributed by atoms with Crippen LogP contribution in [0.3, 0.4) is 0 Å². The van der Waals surface area contributed by atoms with Crippen molar-refractivity contribution < 1.29 is 19.1 Å². The second-order valence-electron chi connectivity index (χ2n) is 9.94. The largest absolute Gasteiger partial charge is 0.491 e. The number of benzene rings is 2. The number of methoxy groups -OCH3 is 1. The summed E-state index contributed by atoms with van der Waals surface area (Å²) >= 11 is 0. The molecular weight excluding hydrogens is 456 g/mol. The number of hydrogen-bond donors (Lipinski definition) is 1. The average Bonchev–Trinajstić information content (AvgIpc) is 3.34. The van der Waals surface area contributed by atoms with Crippen molar-refractivity contribution in [3.8, 4) is 5.75 Å². The van der Waals surface area contributed by atoms with Gasteiger partial charge >= 0.3 is 0 Å². The molecular formula is C28H34N4O4. The fraction of sp³-hybridized carbons (Fsp3) is 0.464. The molecule has 2 aromatic carbocycles. The van der Waals surface area contributed by atoms with E-state index in [1.807, 2.05) is 58.3 Å². The maximum atomic E-state index is 13.6.